The number of hydrogen-bond acceptors (Lipinski definition) is 2. The van der Waals surface area contributed by atoms with Crippen molar-refractivity contribution in [3.8, 4) is 0 Å². The fourth-order valence-electron chi connectivity index (χ4n) is 0.876. The van der Waals surface area contributed by atoms with Gasteiger partial charge in [0.15, 0.2) is 0 Å². The highest BCUT2D eigenvalue weighted by atomic mass is 19.3. The maximum absolute atomic E-state index is 12.3. The van der Waals surface area contributed by atoms with Crippen molar-refractivity contribution in [3.05, 3.63) is 0 Å². The number of halogens is 2. The van der Waals surface area contributed by atoms with Gasteiger partial charge in [-0.1, -0.05) is 26.2 Å². The van der Waals surface area contributed by atoms with E-state index in [2.05, 4.69) is 0 Å². The number of carbonyl (C=O) groups is 1. The molecule has 0 fully saturated rings. The smallest absolute Gasteiger partial charge is 0.287 e. The summed E-state index contributed by atoms with van der Waals surface area (Å²) in [6, 6.07) is 0. The van der Waals surface area contributed by atoms with Crippen LogP contribution in [0, 0.1) is 0 Å². The lowest BCUT2D eigenvalue weighted by Gasteiger charge is -2.16. The monoisotopic (exact) mass is 179 g/mol. The van der Waals surface area contributed by atoms with Crippen molar-refractivity contribution in [2.45, 2.75) is 45.0 Å². The predicted octanol–water partition coefficient (Wildman–Crippen LogP) is 1.34. The molecule has 0 atom stereocenters. The van der Waals surface area contributed by atoms with Crippen molar-refractivity contribution in [2.24, 2.45) is 0 Å². The SMILES string of the molecule is CCCCCCC(F)(F)C(=O)[O-]. The first-order valence-electron chi connectivity index (χ1n) is 4.10. The molecule has 0 aromatic rings. The van der Waals surface area contributed by atoms with Gasteiger partial charge in [0.05, 0.1) is 0 Å². The molecule has 0 heterocycles. The van der Waals surface area contributed by atoms with Crippen molar-refractivity contribution in [1.82, 2.24) is 0 Å². The largest absolute Gasteiger partial charge is 0.544 e. The Morgan fingerprint density at radius 1 is 1.33 bits per heavy atom. The van der Waals surface area contributed by atoms with Gasteiger partial charge in [0.1, 0.15) is 5.97 Å². The molecule has 0 radical (unpaired) electrons. The number of carbonyl (C=O) groups excluding carboxylic acids is 1. The summed E-state index contributed by atoms with van der Waals surface area (Å²) in [5.41, 5.74) is 0. The summed E-state index contributed by atoms with van der Waals surface area (Å²) in [6.45, 7) is 1.96. The first-order valence-corrected chi connectivity index (χ1v) is 4.10. The number of carboxylic acid groups (broad SMARTS) is 1. The molecule has 72 valence electrons. The van der Waals surface area contributed by atoms with Gasteiger partial charge in [-0.15, -0.1) is 0 Å². The Balaban J connectivity index is 3.54. The van der Waals surface area contributed by atoms with Crippen LogP contribution in [0.4, 0.5) is 8.78 Å². The molecular weight excluding hydrogens is 166 g/mol. The molecule has 0 aromatic carbocycles. The molecule has 0 aliphatic rings. The molecule has 0 bridgehead atoms. The molecule has 0 saturated heterocycles. The molecule has 0 aliphatic heterocycles. The standard InChI is InChI=1S/C8H14F2O2/c1-2-3-4-5-6-8(9,10)7(11)12/h2-6H2,1H3,(H,11,12)/p-1. The summed E-state index contributed by atoms with van der Waals surface area (Å²) in [6.07, 6.45) is 2.10. The van der Waals surface area contributed by atoms with E-state index < -0.39 is 18.3 Å². The average molecular weight is 179 g/mol. The molecule has 0 aliphatic carbocycles. The van der Waals surface area contributed by atoms with Crippen molar-refractivity contribution < 1.29 is 18.7 Å². The zero-order valence-corrected chi connectivity index (χ0v) is 7.11. The molecule has 2 nitrogen and oxygen atoms in total. The highest BCUT2D eigenvalue weighted by molar-refractivity contribution is 5.72. The summed E-state index contributed by atoms with van der Waals surface area (Å²) >= 11 is 0. The van der Waals surface area contributed by atoms with E-state index in [-0.39, 0.29) is 6.42 Å². The first kappa shape index (κ1) is 11.3. The second kappa shape index (κ2) is 5.06. The summed E-state index contributed by atoms with van der Waals surface area (Å²) in [5.74, 6) is -5.91. The normalized spacial score (nSPS) is 11.6. The minimum Gasteiger partial charge on any atom is -0.544 e. The molecule has 0 amide bonds. The number of rotatable bonds is 6. The number of aliphatic carboxylic acids is 1. The van der Waals surface area contributed by atoms with Gasteiger partial charge in [0.2, 0.25) is 0 Å². The molecule has 0 aromatic heterocycles. The third kappa shape index (κ3) is 4.26. The van der Waals surface area contributed by atoms with E-state index in [0.29, 0.717) is 6.42 Å². The van der Waals surface area contributed by atoms with Crippen LogP contribution in [-0.2, 0) is 4.79 Å². The van der Waals surface area contributed by atoms with Gasteiger partial charge in [-0.3, -0.25) is 0 Å². The number of carboxylic acids is 1. The minimum absolute atomic E-state index is 0.245. The van der Waals surface area contributed by atoms with E-state index >= 15 is 0 Å². The van der Waals surface area contributed by atoms with Crippen LogP contribution in [-0.4, -0.2) is 11.9 Å². The van der Waals surface area contributed by atoms with Crippen LogP contribution in [0.2, 0.25) is 0 Å². The van der Waals surface area contributed by atoms with Crippen LogP contribution in [0.5, 0.6) is 0 Å². The molecule has 0 rings (SSSR count). The van der Waals surface area contributed by atoms with Gasteiger partial charge in [-0.05, 0) is 6.42 Å². The predicted molar refractivity (Wildman–Crippen MR) is 38.7 cm³/mol. The summed E-state index contributed by atoms with van der Waals surface area (Å²) in [4.78, 5) is 9.82. The lowest BCUT2D eigenvalue weighted by Crippen LogP contribution is -2.41. The van der Waals surface area contributed by atoms with E-state index in [9.17, 15) is 18.7 Å². The van der Waals surface area contributed by atoms with E-state index in [1.165, 1.54) is 0 Å². The lowest BCUT2D eigenvalue weighted by molar-refractivity contribution is -0.330. The van der Waals surface area contributed by atoms with Gasteiger partial charge >= 0.3 is 0 Å². The Bertz CT molecular complexity index is 146. The van der Waals surface area contributed by atoms with Gasteiger partial charge in [0.25, 0.3) is 5.92 Å². The Kier molecular flexibility index (Phi) is 4.78. The highest BCUT2D eigenvalue weighted by Crippen LogP contribution is 2.20. The summed E-state index contributed by atoms with van der Waals surface area (Å²) in [7, 11) is 0. The van der Waals surface area contributed by atoms with Crippen molar-refractivity contribution >= 4 is 5.97 Å². The second-order valence-corrected chi connectivity index (χ2v) is 2.80. The first-order chi connectivity index (χ1) is 5.50. The summed E-state index contributed by atoms with van der Waals surface area (Å²) < 4.78 is 24.6. The van der Waals surface area contributed by atoms with Crippen molar-refractivity contribution in [2.75, 3.05) is 0 Å². The van der Waals surface area contributed by atoms with Crippen LogP contribution in [0.25, 0.3) is 0 Å². The molecule has 0 saturated carbocycles. The second-order valence-electron chi connectivity index (χ2n) is 2.80. The quantitative estimate of drug-likeness (QED) is 0.577. The van der Waals surface area contributed by atoms with Crippen LogP contribution in [0.3, 0.4) is 0 Å². The molecule has 0 unspecified atom stereocenters. The van der Waals surface area contributed by atoms with Gasteiger partial charge < -0.3 is 9.90 Å². The minimum atomic E-state index is -3.65. The molecule has 4 heteroatoms. The van der Waals surface area contributed by atoms with Crippen LogP contribution < -0.4 is 5.11 Å². The Labute approximate surface area is 70.6 Å². The fraction of sp³-hybridized carbons (Fsp3) is 0.875. The number of alkyl halides is 2. The van der Waals surface area contributed by atoms with Gasteiger partial charge in [0, 0.05) is 6.42 Å². The fourth-order valence-corrected chi connectivity index (χ4v) is 0.876. The van der Waals surface area contributed by atoms with E-state index in [0.717, 1.165) is 12.8 Å². The molecular formula is C8H13F2O2-. The Morgan fingerprint density at radius 2 is 1.92 bits per heavy atom. The van der Waals surface area contributed by atoms with Gasteiger partial charge in [-0.2, -0.15) is 0 Å². The van der Waals surface area contributed by atoms with Gasteiger partial charge in [-0.25, -0.2) is 8.78 Å². The van der Waals surface area contributed by atoms with Crippen LogP contribution >= 0.6 is 0 Å². The van der Waals surface area contributed by atoms with Crippen molar-refractivity contribution in [1.29, 1.82) is 0 Å². The average Bonchev–Trinajstić information content (AvgIpc) is 1.98. The lowest BCUT2D eigenvalue weighted by atomic mass is 10.1. The molecule has 0 spiro atoms. The van der Waals surface area contributed by atoms with Crippen LogP contribution in [0.1, 0.15) is 39.0 Å². The topological polar surface area (TPSA) is 40.1 Å². The number of hydrogen-bond donors (Lipinski definition) is 0. The third-order valence-electron chi connectivity index (χ3n) is 1.64. The zero-order valence-electron chi connectivity index (χ0n) is 7.11. The maximum Gasteiger partial charge on any atom is 0.287 e. The third-order valence-corrected chi connectivity index (χ3v) is 1.64. The van der Waals surface area contributed by atoms with E-state index in [4.69, 9.17) is 0 Å². The maximum atomic E-state index is 12.3. The molecule has 12 heavy (non-hydrogen) atoms. The van der Waals surface area contributed by atoms with Crippen LogP contribution in [0.15, 0.2) is 0 Å². The van der Waals surface area contributed by atoms with E-state index in [1.54, 1.807) is 0 Å². The summed E-state index contributed by atoms with van der Waals surface area (Å²) in [5, 5.41) is 9.82. The number of unbranched alkanes of at least 4 members (excludes halogenated alkanes) is 3. The van der Waals surface area contributed by atoms with E-state index in [1.807, 2.05) is 6.92 Å². The Hall–Kier alpha value is -0.670. The zero-order chi connectivity index (χ0) is 9.61. The molecule has 0 N–H and O–H groups in total. The highest BCUT2D eigenvalue weighted by Gasteiger charge is 2.29. The van der Waals surface area contributed by atoms with Crippen molar-refractivity contribution in [3.63, 3.8) is 0 Å². The Morgan fingerprint density at radius 3 is 2.33 bits per heavy atom.